The number of carbonyl (C=O) groups is 1. The summed E-state index contributed by atoms with van der Waals surface area (Å²) in [6.07, 6.45) is 0. The molecule has 144 valence electrons. The van der Waals surface area contributed by atoms with Gasteiger partial charge in [-0.2, -0.15) is 0 Å². The summed E-state index contributed by atoms with van der Waals surface area (Å²) in [6.45, 7) is 1.67. The number of carbonyl (C=O) groups excluding carboxylic acids is 1. The maximum atomic E-state index is 12.4. The van der Waals surface area contributed by atoms with Gasteiger partial charge in [-0.3, -0.25) is 20.0 Å². The summed E-state index contributed by atoms with van der Waals surface area (Å²) < 4.78 is 0. The molecule has 2 aromatic carbocycles. The molecule has 3 rings (SSSR count). The van der Waals surface area contributed by atoms with Crippen molar-refractivity contribution < 1.29 is 9.72 Å². The SMILES string of the molecule is CC(Sc1n[nH]c(-c2ccc(Cl)cc2)n1)C(=O)Nc1cc([N+](=O)[O-])ccc1Cl. The predicted molar refractivity (Wildman–Crippen MR) is 109 cm³/mol. The van der Waals surface area contributed by atoms with Crippen LogP contribution in [-0.4, -0.2) is 31.3 Å². The van der Waals surface area contributed by atoms with Crippen LogP contribution < -0.4 is 5.32 Å². The first-order chi connectivity index (χ1) is 13.3. The summed E-state index contributed by atoms with van der Waals surface area (Å²) in [4.78, 5) is 27.1. The number of aromatic amines is 1. The highest BCUT2D eigenvalue weighted by molar-refractivity contribution is 8.00. The number of halogens is 2. The lowest BCUT2D eigenvalue weighted by molar-refractivity contribution is -0.384. The average Bonchev–Trinajstić information content (AvgIpc) is 3.12. The third-order valence-corrected chi connectivity index (χ3v) is 5.20. The second-order valence-electron chi connectivity index (χ2n) is 5.64. The van der Waals surface area contributed by atoms with Gasteiger partial charge < -0.3 is 5.32 Å². The second kappa shape index (κ2) is 8.59. The molecule has 0 aliphatic heterocycles. The number of hydrogen-bond donors (Lipinski definition) is 2. The fourth-order valence-corrected chi connectivity index (χ4v) is 3.22. The summed E-state index contributed by atoms with van der Waals surface area (Å²) in [5.41, 5.74) is 0.816. The largest absolute Gasteiger partial charge is 0.324 e. The number of benzene rings is 2. The average molecular weight is 438 g/mol. The second-order valence-corrected chi connectivity index (χ2v) is 7.80. The Morgan fingerprint density at radius 2 is 1.96 bits per heavy atom. The molecule has 0 aliphatic carbocycles. The molecule has 0 saturated carbocycles. The minimum absolute atomic E-state index is 0.165. The summed E-state index contributed by atoms with van der Waals surface area (Å²) >= 11 is 13.0. The number of nitro benzene ring substituents is 1. The Morgan fingerprint density at radius 1 is 1.25 bits per heavy atom. The molecular formula is C17H13Cl2N5O3S. The van der Waals surface area contributed by atoms with Crippen molar-refractivity contribution in [2.75, 3.05) is 5.32 Å². The molecule has 1 aromatic heterocycles. The number of anilines is 1. The Morgan fingerprint density at radius 3 is 2.64 bits per heavy atom. The van der Waals surface area contributed by atoms with Crippen LogP contribution in [-0.2, 0) is 4.79 Å². The molecule has 0 fully saturated rings. The van der Waals surface area contributed by atoms with Crippen molar-refractivity contribution in [2.45, 2.75) is 17.3 Å². The van der Waals surface area contributed by atoms with E-state index in [1.54, 1.807) is 31.2 Å². The number of thioether (sulfide) groups is 1. The van der Waals surface area contributed by atoms with Crippen molar-refractivity contribution in [1.29, 1.82) is 0 Å². The van der Waals surface area contributed by atoms with E-state index in [-0.39, 0.29) is 22.3 Å². The number of non-ortho nitro benzene ring substituents is 1. The van der Waals surface area contributed by atoms with Crippen LogP contribution in [0.3, 0.4) is 0 Å². The lowest BCUT2D eigenvalue weighted by Gasteiger charge is -2.11. The van der Waals surface area contributed by atoms with Gasteiger partial charge in [-0.15, -0.1) is 5.10 Å². The molecule has 8 nitrogen and oxygen atoms in total. The molecule has 0 aliphatic rings. The number of hydrogen-bond acceptors (Lipinski definition) is 6. The Bertz CT molecular complexity index is 1030. The van der Waals surface area contributed by atoms with Gasteiger partial charge in [0.2, 0.25) is 11.1 Å². The molecule has 11 heteroatoms. The third kappa shape index (κ3) is 4.80. The molecular weight excluding hydrogens is 425 g/mol. The number of nitro groups is 1. The van der Waals surface area contributed by atoms with Crippen LogP contribution in [0.1, 0.15) is 6.92 Å². The van der Waals surface area contributed by atoms with Gasteiger partial charge in [-0.05, 0) is 37.3 Å². The van der Waals surface area contributed by atoms with Gasteiger partial charge >= 0.3 is 0 Å². The van der Waals surface area contributed by atoms with E-state index in [1.165, 1.54) is 18.2 Å². The van der Waals surface area contributed by atoms with Crippen molar-refractivity contribution in [3.63, 3.8) is 0 Å². The van der Waals surface area contributed by atoms with E-state index in [2.05, 4.69) is 20.5 Å². The van der Waals surface area contributed by atoms with Gasteiger partial charge in [-0.1, -0.05) is 35.0 Å². The van der Waals surface area contributed by atoms with Gasteiger partial charge in [0.15, 0.2) is 5.82 Å². The zero-order valence-corrected chi connectivity index (χ0v) is 16.7. The molecule has 1 amide bonds. The van der Waals surface area contributed by atoms with Crippen molar-refractivity contribution >= 4 is 52.2 Å². The molecule has 1 heterocycles. The van der Waals surface area contributed by atoms with Crippen LogP contribution in [0.2, 0.25) is 10.0 Å². The Balaban J connectivity index is 1.67. The number of nitrogens with one attached hydrogen (secondary N) is 2. The fraction of sp³-hybridized carbons (Fsp3) is 0.118. The van der Waals surface area contributed by atoms with Crippen LogP contribution in [0.25, 0.3) is 11.4 Å². The molecule has 1 atom stereocenters. The number of H-pyrrole nitrogens is 1. The van der Waals surface area contributed by atoms with E-state index in [1.807, 2.05) is 0 Å². The molecule has 28 heavy (non-hydrogen) atoms. The first-order valence-corrected chi connectivity index (χ1v) is 9.57. The lowest BCUT2D eigenvalue weighted by atomic mass is 10.2. The Hall–Kier alpha value is -2.62. The quantitative estimate of drug-likeness (QED) is 0.325. The Kier molecular flexibility index (Phi) is 6.18. The predicted octanol–water partition coefficient (Wildman–Crippen LogP) is 4.81. The first-order valence-electron chi connectivity index (χ1n) is 7.93. The maximum absolute atomic E-state index is 12.4. The number of rotatable bonds is 6. The van der Waals surface area contributed by atoms with Crippen molar-refractivity contribution in [1.82, 2.24) is 15.2 Å². The summed E-state index contributed by atoms with van der Waals surface area (Å²) in [6, 6.07) is 10.9. The fourth-order valence-electron chi connectivity index (χ4n) is 2.20. The van der Waals surface area contributed by atoms with Gasteiger partial charge in [0.05, 0.1) is 20.9 Å². The van der Waals surface area contributed by atoms with Crippen molar-refractivity contribution in [2.24, 2.45) is 0 Å². The molecule has 3 aromatic rings. The van der Waals surface area contributed by atoms with E-state index in [0.29, 0.717) is 16.0 Å². The first kappa shape index (κ1) is 20.1. The standard InChI is InChI=1S/C17H13Cl2N5O3S/c1-9(16(25)20-14-8-12(24(26)27)6-7-13(14)19)28-17-21-15(22-23-17)10-2-4-11(18)5-3-10/h2-9H,1H3,(H,20,25)(H,21,22,23). The van der Waals surface area contributed by atoms with Crippen LogP contribution in [0, 0.1) is 10.1 Å². The maximum Gasteiger partial charge on any atom is 0.271 e. The third-order valence-electron chi connectivity index (χ3n) is 3.65. The topological polar surface area (TPSA) is 114 Å². The lowest BCUT2D eigenvalue weighted by Crippen LogP contribution is -2.22. The van der Waals surface area contributed by atoms with Gasteiger partial charge in [0.1, 0.15) is 0 Å². The van der Waals surface area contributed by atoms with E-state index >= 15 is 0 Å². The molecule has 1 unspecified atom stereocenters. The zero-order valence-electron chi connectivity index (χ0n) is 14.3. The van der Waals surface area contributed by atoms with Crippen LogP contribution in [0.4, 0.5) is 11.4 Å². The molecule has 0 radical (unpaired) electrons. The molecule has 2 N–H and O–H groups in total. The number of aromatic nitrogens is 3. The Labute approximate surface area is 173 Å². The minimum atomic E-state index is -0.566. The van der Waals surface area contributed by atoms with Crippen LogP contribution in [0.15, 0.2) is 47.6 Å². The zero-order chi connectivity index (χ0) is 20.3. The smallest absolute Gasteiger partial charge is 0.271 e. The number of nitrogens with zero attached hydrogens (tertiary/aromatic N) is 3. The van der Waals surface area contributed by atoms with E-state index in [9.17, 15) is 14.9 Å². The number of amides is 1. The minimum Gasteiger partial charge on any atom is -0.324 e. The highest BCUT2D eigenvalue weighted by atomic mass is 35.5. The van der Waals surface area contributed by atoms with E-state index in [0.717, 1.165) is 17.3 Å². The van der Waals surface area contributed by atoms with Gasteiger partial charge in [0, 0.05) is 22.7 Å². The van der Waals surface area contributed by atoms with Gasteiger partial charge in [0.25, 0.3) is 5.69 Å². The van der Waals surface area contributed by atoms with Crippen molar-refractivity contribution in [3.05, 3.63) is 62.6 Å². The normalized spacial score (nSPS) is 11.8. The monoisotopic (exact) mass is 437 g/mol. The van der Waals surface area contributed by atoms with Crippen LogP contribution >= 0.6 is 35.0 Å². The summed E-state index contributed by atoms with van der Waals surface area (Å²) in [5, 5.41) is 21.0. The highest BCUT2D eigenvalue weighted by Crippen LogP contribution is 2.29. The summed E-state index contributed by atoms with van der Waals surface area (Å²) in [7, 11) is 0. The summed E-state index contributed by atoms with van der Waals surface area (Å²) in [5.74, 6) is 0.166. The van der Waals surface area contributed by atoms with Crippen molar-refractivity contribution in [3.8, 4) is 11.4 Å². The van der Waals surface area contributed by atoms with Gasteiger partial charge in [-0.25, -0.2) is 4.98 Å². The molecule has 0 bridgehead atoms. The van der Waals surface area contributed by atoms with E-state index in [4.69, 9.17) is 23.2 Å². The molecule has 0 spiro atoms. The van der Waals surface area contributed by atoms with E-state index < -0.39 is 10.2 Å². The molecule has 0 saturated heterocycles. The van der Waals surface area contributed by atoms with Crippen LogP contribution in [0.5, 0.6) is 0 Å². The highest BCUT2D eigenvalue weighted by Gasteiger charge is 2.20.